The Morgan fingerprint density at radius 3 is 3.00 bits per heavy atom. The Morgan fingerprint density at radius 2 is 2.38 bits per heavy atom. The average molecular weight is 236 g/mol. The van der Waals surface area contributed by atoms with Gasteiger partial charge in [0.05, 0.1) is 11.9 Å². The molecule has 4 nitrogen and oxygen atoms in total. The van der Waals surface area contributed by atoms with E-state index in [4.69, 9.17) is 11.6 Å². The summed E-state index contributed by atoms with van der Waals surface area (Å²) < 4.78 is 1.62. The quantitative estimate of drug-likeness (QED) is 0.818. The van der Waals surface area contributed by atoms with Gasteiger partial charge in [-0.25, -0.2) is 4.68 Å². The summed E-state index contributed by atoms with van der Waals surface area (Å²) in [6, 6.07) is 3.68. The Morgan fingerprint density at radius 1 is 1.56 bits per heavy atom. The lowest BCUT2D eigenvalue weighted by atomic mass is 10.2. The number of aromatic nitrogens is 3. The molecule has 0 radical (unpaired) electrons. The first-order valence-electron chi connectivity index (χ1n) is 4.80. The Labute approximate surface area is 97.9 Å². The zero-order valence-electron chi connectivity index (χ0n) is 8.72. The van der Waals surface area contributed by atoms with Crippen LogP contribution < -0.4 is 0 Å². The maximum absolute atomic E-state index is 11.0. The topological polar surface area (TPSA) is 47.8 Å². The normalized spacial score (nSPS) is 10.4. The molecule has 82 valence electrons. The van der Waals surface area contributed by atoms with Crippen molar-refractivity contribution in [2.24, 2.45) is 0 Å². The second-order valence-electron chi connectivity index (χ2n) is 3.48. The third-order valence-electron chi connectivity index (χ3n) is 2.09. The van der Waals surface area contributed by atoms with Crippen molar-refractivity contribution in [1.82, 2.24) is 14.8 Å². The van der Waals surface area contributed by atoms with Crippen molar-refractivity contribution < 1.29 is 4.79 Å². The van der Waals surface area contributed by atoms with E-state index in [1.807, 2.05) is 12.1 Å². The molecule has 0 fully saturated rings. The molecule has 2 aromatic rings. The molecular formula is C11H10ClN3O. The summed E-state index contributed by atoms with van der Waals surface area (Å²) in [6.07, 6.45) is 5.42. The number of hydrogen-bond acceptors (Lipinski definition) is 3. The number of ketones is 1. The fourth-order valence-electron chi connectivity index (χ4n) is 1.40. The second-order valence-corrected chi connectivity index (χ2v) is 3.84. The molecule has 0 aromatic carbocycles. The lowest BCUT2D eigenvalue weighted by molar-refractivity contribution is -0.116. The van der Waals surface area contributed by atoms with Crippen LogP contribution in [0.5, 0.6) is 0 Å². The van der Waals surface area contributed by atoms with Crippen LogP contribution in [-0.2, 0) is 11.2 Å². The maximum atomic E-state index is 11.0. The molecular weight excluding hydrogens is 226 g/mol. The summed E-state index contributed by atoms with van der Waals surface area (Å²) in [5.74, 6) is 0.0626. The van der Waals surface area contributed by atoms with Gasteiger partial charge in [-0.05, 0) is 19.1 Å². The van der Waals surface area contributed by atoms with Crippen molar-refractivity contribution in [3.05, 3.63) is 41.4 Å². The SMILES string of the molecule is CC(=O)Cc1cn(-c2cccnc2)nc1Cl. The minimum atomic E-state index is 0.0626. The number of rotatable bonds is 3. The lowest BCUT2D eigenvalue weighted by Crippen LogP contribution is -1.96. The Hall–Kier alpha value is -1.68. The van der Waals surface area contributed by atoms with Gasteiger partial charge in [-0.1, -0.05) is 11.6 Å². The molecule has 0 spiro atoms. The molecule has 0 atom stereocenters. The first-order valence-corrected chi connectivity index (χ1v) is 5.18. The van der Waals surface area contributed by atoms with Crippen LogP contribution in [0, 0.1) is 0 Å². The molecule has 0 saturated carbocycles. The minimum Gasteiger partial charge on any atom is -0.300 e. The number of carbonyl (C=O) groups excluding carboxylic acids is 1. The van der Waals surface area contributed by atoms with Gasteiger partial charge < -0.3 is 0 Å². The van der Waals surface area contributed by atoms with Crippen molar-refractivity contribution in [3.63, 3.8) is 0 Å². The zero-order chi connectivity index (χ0) is 11.5. The van der Waals surface area contributed by atoms with Gasteiger partial charge in [0.1, 0.15) is 5.78 Å². The number of nitrogens with zero attached hydrogens (tertiary/aromatic N) is 3. The van der Waals surface area contributed by atoms with Crippen molar-refractivity contribution in [3.8, 4) is 5.69 Å². The summed E-state index contributed by atoms with van der Waals surface area (Å²) >= 11 is 5.93. The smallest absolute Gasteiger partial charge is 0.155 e. The summed E-state index contributed by atoms with van der Waals surface area (Å²) in [5.41, 5.74) is 1.55. The summed E-state index contributed by atoms with van der Waals surface area (Å²) in [7, 11) is 0. The fourth-order valence-corrected chi connectivity index (χ4v) is 1.59. The lowest BCUT2D eigenvalue weighted by Gasteiger charge is -1.97. The maximum Gasteiger partial charge on any atom is 0.155 e. The highest BCUT2D eigenvalue weighted by Crippen LogP contribution is 2.16. The summed E-state index contributed by atoms with van der Waals surface area (Å²) in [4.78, 5) is 15.0. The van der Waals surface area contributed by atoms with Gasteiger partial charge in [0, 0.05) is 24.4 Å². The third-order valence-corrected chi connectivity index (χ3v) is 2.41. The molecule has 0 aliphatic carbocycles. The molecule has 0 bridgehead atoms. The van der Waals surface area contributed by atoms with E-state index in [1.165, 1.54) is 6.92 Å². The highest BCUT2D eigenvalue weighted by atomic mass is 35.5. The van der Waals surface area contributed by atoms with E-state index in [1.54, 1.807) is 23.3 Å². The third kappa shape index (κ3) is 2.28. The highest BCUT2D eigenvalue weighted by molar-refractivity contribution is 6.30. The predicted octanol–water partition coefficient (Wildman–Crippen LogP) is 2.05. The second kappa shape index (κ2) is 4.45. The van der Waals surface area contributed by atoms with Crippen LogP contribution in [0.1, 0.15) is 12.5 Å². The van der Waals surface area contributed by atoms with E-state index in [2.05, 4.69) is 10.1 Å². The molecule has 5 heteroatoms. The van der Waals surface area contributed by atoms with Crippen LogP contribution in [-0.4, -0.2) is 20.5 Å². The number of carbonyl (C=O) groups is 1. The van der Waals surface area contributed by atoms with Crippen LogP contribution >= 0.6 is 11.6 Å². The Balaban J connectivity index is 2.34. The van der Waals surface area contributed by atoms with Crippen LogP contribution in [0.25, 0.3) is 5.69 Å². The molecule has 16 heavy (non-hydrogen) atoms. The van der Waals surface area contributed by atoms with Crippen LogP contribution in [0.4, 0.5) is 0 Å². The number of Topliss-reactive ketones (excluding diaryl/α,β-unsaturated/α-hetero) is 1. The summed E-state index contributed by atoms with van der Waals surface area (Å²) in [6.45, 7) is 1.53. The first kappa shape index (κ1) is 10.8. The summed E-state index contributed by atoms with van der Waals surface area (Å²) in [5, 5.41) is 4.48. The van der Waals surface area contributed by atoms with Gasteiger partial charge >= 0.3 is 0 Å². The minimum absolute atomic E-state index is 0.0626. The largest absolute Gasteiger partial charge is 0.300 e. The van der Waals surface area contributed by atoms with Gasteiger partial charge in [-0.15, -0.1) is 0 Å². The number of halogens is 1. The van der Waals surface area contributed by atoms with Crippen molar-refractivity contribution in [2.75, 3.05) is 0 Å². The number of pyridine rings is 1. The van der Waals surface area contributed by atoms with E-state index >= 15 is 0 Å². The Bertz CT molecular complexity index is 507. The molecule has 0 N–H and O–H groups in total. The van der Waals surface area contributed by atoms with E-state index in [0.29, 0.717) is 11.6 Å². The standard InChI is InChI=1S/C11H10ClN3O/c1-8(16)5-9-7-15(14-11(9)12)10-3-2-4-13-6-10/h2-4,6-7H,5H2,1H3. The highest BCUT2D eigenvalue weighted by Gasteiger charge is 2.09. The van der Waals surface area contributed by atoms with E-state index < -0.39 is 0 Å². The predicted molar refractivity (Wildman–Crippen MR) is 60.8 cm³/mol. The zero-order valence-corrected chi connectivity index (χ0v) is 9.48. The van der Waals surface area contributed by atoms with Crippen LogP contribution in [0.2, 0.25) is 5.15 Å². The van der Waals surface area contributed by atoms with Crippen LogP contribution in [0.15, 0.2) is 30.7 Å². The first-order chi connectivity index (χ1) is 7.66. The number of hydrogen-bond donors (Lipinski definition) is 0. The molecule has 0 amide bonds. The molecule has 2 aromatic heterocycles. The van der Waals surface area contributed by atoms with Gasteiger partial charge in [-0.2, -0.15) is 5.10 Å². The van der Waals surface area contributed by atoms with E-state index in [0.717, 1.165) is 11.3 Å². The molecule has 2 rings (SSSR count). The van der Waals surface area contributed by atoms with Crippen LogP contribution in [0.3, 0.4) is 0 Å². The fraction of sp³-hybridized carbons (Fsp3) is 0.182. The van der Waals surface area contributed by atoms with Gasteiger partial charge in [-0.3, -0.25) is 9.78 Å². The van der Waals surface area contributed by atoms with Gasteiger partial charge in [0.15, 0.2) is 5.15 Å². The molecule has 0 saturated heterocycles. The van der Waals surface area contributed by atoms with Crippen molar-refractivity contribution in [2.45, 2.75) is 13.3 Å². The molecule has 2 heterocycles. The molecule has 0 aliphatic heterocycles. The van der Waals surface area contributed by atoms with Gasteiger partial charge in [0.25, 0.3) is 0 Å². The molecule has 0 unspecified atom stereocenters. The van der Waals surface area contributed by atoms with E-state index in [9.17, 15) is 4.79 Å². The monoisotopic (exact) mass is 235 g/mol. The van der Waals surface area contributed by atoms with E-state index in [-0.39, 0.29) is 5.78 Å². The average Bonchev–Trinajstić information content (AvgIpc) is 2.61. The molecule has 0 aliphatic rings. The van der Waals surface area contributed by atoms with Gasteiger partial charge in [0.2, 0.25) is 0 Å². The Kier molecular flexibility index (Phi) is 3.01. The van der Waals surface area contributed by atoms with Crippen molar-refractivity contribution >= 4 is 17.4 Å². The van der Waals surface area contributed by atoms with Crippen molar-refractivity contribution in [1.29, 1.82) is 0 Å².